The number of likely N-dealkylation sites (tertiary alicyclic amines) is 1. The lowest BCUT2D eigenvalue weighted by molar-refractivity contribution is -0.132. The van der Waals surface area contributed by atoms with Gasteiger partial charge in [-0.15, -0.1) is 0 Å². The lowest BCUT2D eigenvalue weighted by Crippen LogP contribution is -2.30. The van der Waals surface area contributed by atoms with Crippen molar-refractivity contribution in [3.05, 3.63) is 58.7 Å². The van der Waals surface area contributed by atoms with Gasteiger partial charge in [-0.05, 0) is 56.0 Å². The van der Waals surface area contributed by atoms with E-state index in [0.29, 0.717) is 11.5 Å². The Balaban J connectivity index is 1.69. The van der Waals surface area contributed by atoms with Gasteiger partial charge in [-0.25, -0.2) is 0 Å². The normalized spacial score (nSPS) is 16.0. The van der Waals surface area contributed by atoms with Gasteiger partial charge in [0, 0.05) is 24.9 Å². The van der Waals surface area contributed by atoms with Gasteiger partial charge in [0.05, 0.1) is 20.3 Å². The molecule has 1 aliphatic rings. The van der Waals surface area contributed by atoms with E-state index in [2.05, 4.69) is 0 Å². The Kier molecular flexibility index (Phi) is 6.57. The molecule has 1 saturated heterocycles. The number of hydrogen-bond acceptors (Lipinski definition) is 4. The van der Waals surface area contributed by atoms with Crippen molar-refractivity contribution < 1.29 is 19.1 Å². The van der Waals surface area contributed by atoms with E-state index in [1.54, 1.807) is 14.2 Å². The number of rotatable bonds is 7. The maximum atomic E-state index is 12.9. The predicted molar refractivity (Wildman–Crippen MR) is 113 cm³/mol. The van der Waals surface area contributed by atoms with E-state index in [1.165, 1.54) is 0 Å². The van der Waals surface area contributed by atoms with E-state index in [9.17, 15) is 9.59 Å². The fraction of sp³-hybridized carbons (Fsp3) is 0.417. The van der Waals surface area contributed by atoms with Crippen LogP contribution in [0.2, 0.25) is 0 Å². The SMILES string of the molecule is COc1ccc([C@H]2CCCN2C(=O)CCC(=O)c2cc(C)ccc2C)cc1OC. The number of carbonyl (C=O) groups excluding carboxylic acids is 2. The van der Waals surface area contributed by atoms with Gasteiger partial charge < -0.3 is 14.4 Å². The van der Waals surface area contributed by atoms with Crippen molar-refractivity contribution in [3.63, 3.8) is 0 Å². The Morgan fingerprint density at radius 3 is 2.48 bits per heavy atom. The molecule has 0 spiro atoms. The van der Waals surface area contributed by atoms with Crippen molar-refractivity contribution in [1.29, 1.82) is 0 Å². The molecule has 0 aliphatic carbocycles. The summed E-state index contributed by atoms with van der Waals surface area (Å²) >= 11 is 0. The number of ether oxygens (including phenoxy) is 2. The molecule has 0 radical (unpaired) electrons. The molecule has 0 saturated carbocycles. The molecule has 1 aliphatic heterocycles. The van der Waals surface area contributed by atoms with E-state index in [0.717, 1.165) is 41.6 Å². The number of benzene rings is 2. The van der Waals surface area contributed by atoms with Gasteiger partial charge in [-0.1, -0.05) is 23.8 Å². The van der Waals surface area contributed by atoms with Gasteiger partial charge >= 0.3 is 0 Å². The van der Waals surface area contributed by atoms with Crippen molar-refractivity contribution in [2.45, 2.75) is 45.6 Å². The molecule has 29 heavy (non-hydrogen) atoms. The molecule has 0 N–H and O–H groups in total. The second-order valence-corrected chi connectivity index (χ2v) is 7.60. The summed E-state index contributed by atoms with van der Waals surface area (Å²) in [7, 11) is 3.22. The number of hydrogen-bond donors (Lipinski definition) is 0. The molecule has 2 aromatic rings. The highest BCUT2D eigenvalue weighted by molar-refractivity contribution is 5.99. The summed E-state index contributed by atoms with van der Waals surface area (Å²) in [6, 6.07) is 11.7. The van der Waals surface area contributed by atoms with Gasteiger partial charge in [0.1, 0.15) is 0 Å². The first-order valence-corrected chi connectivity index (χ1v) is 10.1. The molecule has 1 fully saturated rings. The molecule has 5 heteroatoms. The summed E-state index contributed by atoms with van der Waals surface area (Å²) in [6.45, 7) is 4.62. The van der Waals surface area contributed by atoms with Crippen LogP contribution in [0.15, 0.2) is 36.4 Å². The fourth-order valence-electron chi connectivity index (χ4n) is 4.01. The summed E-state index contributed by atoms with van der Waals surface area (Å²) in [5.74, 6) is 1.39. The quantitative estimate of drug-likeness (QED) is 0.641. The number of carbonyl (C=O) groups is 2. The maximum Gasteiger partial charge on any atom is 0.223 e. The zero-order valence-corrected chi connectivity index (χ0v) is 17.7. The van der Waals surface area contributed by atoms with E-state index in [-0.39, 0.29) is 30.6 Å². The number of nitrogens with zero attached hydrogens (tertiary/aromatic N) is 1. The topological polar surface area (TPSA) is 55.8 Å². The molecule has 1 atom stereocenters. The lowest BCUT2D eigenvalue weighted by Gasteiger charge is -2.26. The monoisotopic (exact) mass is 395 g/mol. The van der Waals surface area contributed by atoms with Crippen molar-refractivity contribution in [2.24, 2.45) is 0 Å². The third-order valence-electron chi connectivity index (χ3n) is 5.62. The molecule has 2 aromatic carbocycles. The third kappa shape index (κ3) is 4.61. The average Bonchev–Trinajstić information content (AvgIpc) is 3.23. The van der Waals surface area contributed by atoms with E-state index < -0.39 is 0 Å². The lowest BCUT2D eigenvalue weighted by atomic mass is 9.99. The van der Waals surface area contributed by atoms with Crippen LogP contribution in [0.5, 0.6) is 11.5 Å². The molecular weight excluding hydrogens is 366 g/mol. The highest BCUT2D eigenvalue weighted by Gasteiger charge is 2.30. The van der Waals surface area contributed by atoms with E-state index in [4.69, 9.17) is 9.47 Å². The van der Waals surface area contributed by atoms with Crippen LogP contribution in [0.4, 0.5) is 0 Å². The number of aryl methyl sites for hydroxylation is 2. The van der Waals surface area contributed by atoms with Gasteiger partial charge in [0.2, 0.25) is 5.91 Å². The van der Waals surface area contributed by atoms with Crippen molar-refractivity contribution in [2.75, 3.05) is 20.8 Å². The molecule has 1 heterocycles. The first-order chi connectivity index (χ1) is 13.9. The first kappa shape index (κ1) is 20.9. The summed E-state index contributed by atoms with van der Waals surface area (Å²) in [5.41, 5.74) is 3.76. The Bertz CT molecular complexity index is 906. The largest absolute Gasteiger partial charge is 0.493 e. The second kappa shape index (κ2) is 9.12. The van der Waals surface area contributed by atoms with Crippen LogP contribution in [0.3, 0.4) is 0 Å². The minimum Gasteiger partial charge on any atom is -0.493 e. The minimum atomic E-state index is 0.0121. The Morgan fingerprint density at radius 2 is 1.76 bits per heavy atom. The third-order valence-corrected chi connectivity index (χ3v) is 5.62. The smallest absolute Gasteiger partial charge is 0.223 e. The summed E-state index contributed by atoms with van der Waals surface area (Å²) in [5, 5.41) is 0. The Hall–Kier alpha value is -2.82. The minimum absolute atomic E-state index is 0.0121. The Morgan fingerprint density at radius 1 is 1.00 bits per heavy atom. The molecule has 1 amide bonds. The van der Waals surface area contributed by atoms with Crippen LogP contribution in [0, 0.1) is 13.8 Å². The molecule has 0 bridgehead atoms. The van der Waals surface area contributed by atoms with Crippen LogP contribution in [-0.2, 0) is 4.79 Å². The predicted octanol–water partition coefficient (Wildman–Crippen LogP) is 4.65. The number of methoxy groups -OCH3 is 2. The molecule has 154 valence electrons. The highest BCUT2D eigenvalue weighted by Crippen LogP contribution is 2.37. The standard InChI is InChI=1S/C24H29NO4/c1-16-7-8-17(2)19(14-16)21(26)10-12-24(27)25-13-5-6-20(25)18-9-11-22(28-3)23(15-18)29-4/h7-9,11,14-15,20H,5-6,10,12-13H2,1-4H3/t20-/m1/s1. The first-order valence-electron chi connectivity index (χ1n) is 10.1. The van der Waals surface area contributed by atoms with Gasteiger partial charge in [0.15, 0.2) is 17.3 Å². The summed E-state index contributed by atoms with van der Waals surface area (Å²) < 4.78 is 10.7. The van der Waals surface area contributed by atoms with Gasteiger partial charge in [-0.3, -0.25) is 9.59 Å². The zero-order valence-electron chi connectivity index (χ0n) is 17.7. The van der Waals surface area contributed by atoms with E-state index in [1.807, 2.05) is 55.1 Å². The Labute approximate surface area is 172 Å². The van der Waals surface area contributed by atoms with Gasteiger partial charge in [-0.2, -0.15) is 0 Å². The highest BCUT2D eigenvalue weighted by atomic mass is 16.5. The molecular formula is C24H29NO4. The number of ketones is 1. The summed E-state index contributed by atoms with van der Waals surface area (Å²) in [4.78, 5) is 27.5. The van der Waals surface area contributed by atoms with Crippen LogP contribution < -0.4 is 9.47 Å². The summed E-state index contributed by atoms with van der Waals surface area (Å²) in [6.07, 6.45) is 2.33. The maximum absolute atomic E-state index is 12.9. The second-order valence-electron chi connectivity index (χ2n) is 7.60. The molecule has 3 rings (SSSR count). The average molecular weight is 395 g/mol. The molecule has 0 unspecified atom stereocenters. The zero-order chi connectivity index (χ0) is 21.0. The number of Topliss-reactive ketones (excluding diaryl/α,β-unsaturated/α-hetero) is 1. The fourth-order valence-corrected chi connectivity index (χ4v) is 4.01. The van der Waals surface area contributed by atoms with Crippen molar-refractivity contribution >= 4 is 11.7 Å². The number of amides is 1. The van der Waals surface area contributed by atoms with Crippen LogP contribution in [-0.4, -0.2) is 37.4 Å². The molecule has 5 nitrogen and oxygen atoms in total. The van der Waals surface area contributed by atoms with Gasteiger partial charge in [0.25, 0.3) is 0 Å². The molecule has 0 aromatic heterocycles. The van der Waals surface area contributed by atoms with Crippen LogP contribution in [0.25, 0.3) is 0 Å². The van der Waals surface area contributed by atoms with Crippen LogP contribution >= 0.6 is 0 Å². The van der Waals surface area contributed by atoms with Crippen molar-refractivity contribution in [1.82, 2.24) is 4.90 Å². The van der Waals surface area contributed by atoms with E-state index >= 15 is 0 Å². The van der Waals surface area contributed by atoms with Crippen LogP contribution in [0.1, 0.15) is 58.8 Å². The van der Waals surface area contributed by atoms with Crippen molar-refractivity contribution in [3.8, 4) is 11.5 Å².